The largest absolute Gasteiger partial charge is 0.324 e. The van der Waals surface area contributed by atoms with Crippen molar-refractivity contribution in [3.63, 3.8) is 0 Å². The molecule has 3 aromatic rings. The molecule has 0 saturated heterocycles. The lowest BCUT2D eigenvalue weighted by molar-refractivity contribution is -0.125. The van der Waals surface area contributed by atoms with Crippen molar-refractivity contribution >= 4 is 23.3 Å². The maximum atomic E-state index is 13.2. The Morgan fingerprint density at radius 1 is 1.11 bits per heavy atom. The average molecular weight is 382 g/mol. The van der Waals surface area contributed by atoms with Crippen LogP contribution in [0.5, 0.6) is 0 Å². The molecule has 1 aromatic heterocycles. The molecule has 2 N–H and O–H groups in total. The zero-order valence-electron chi connectivity index (χ0n) is 14.9. The summed E-state index contributed by atoms with van der Waals surface area (Å²) in [5, 5.41) is 9.93. The van der Waals surface area contributed by atoms with E-state index in [2.05, 4.69) is 15.7 Å². The number of nitrogens with one attached hydrogen (secondary N) is 2. The van der Waals surface area contributed by atoms with E-state index >= 15 is 0 Å². The Morgan fingerprint density at radius 3 is 2.36 bits per heavy atom. The van der Waals surface area contributed by atoms with E-state index in [1.165, 1.54) is 41.1 Å². The monoisotopic (exact) mass is 382 g/mol. The number of halogens is 2. The molecule has 1 aliphatic heterocycles. The minimum absolute atomic E-state index is 0.0794. The second-order valence-electron chi connectivity index (χ2n) is 6.54. The first-order chi connectivity index (χ1) is 13.4. The van der Waals surface area contributed by atoms with Gasteiger partial charge in [0.2, 0.25) is 11.8 Å². The Bertz CT molecular complexity index is 1060. The Morgan fingerprint density at radius 2 is 1.71 bits per heavy atom. The summed E-state index contributed by atoms with van der Waals surface area (Å²) in [6.07, 6.45) is -0.0794. The highest BCUT2D eigenvalue weighted by molar-refractivity contribution is 6.02. The fraction of sp³-hybridized carbons (Fsp3) is 0.150. The van der Waals surface area contributed by atoms with Gasteiger partial charge in [0.25, 0.3) is 0 Å². The van der Waals surface area contributed by atoms with E-state index < -0.39 is 17.8 Å². The number of carbonyl (C=O) groups is 2. The quantitative estimate of drug-likeness (QED) is 0.726. The maximum absolute atomic E-state index is 13.2. The predicted octanol–water partition coefficient (Wildman–Crippen LogP) is 3.66. The molecule has 2 heterocycles. The Hall–Kier alpha value is -3.55. The summed E-state index contributed by atoms with van der Waals surface area (Å²) >= 11 is 0. The van der Waals surface area contributed by atoms with Crippen LogP contribution < -0.4 is 10.6 Å². The molecule has 1 atom stereocenters. The molecule has 0 aliphatic carbocycles. The first-order valence-electron chi connectivity index (χ1n) is 8.63. The number of nitrogens with zero attached hydrogens (tertiary/aromatic N) is 2. The van der Waals surface area contributed by atoms with Gasteiger partial charge >= 0.3 is 0 Å². The van der Waals surface area contributed by atoms with Crippen molar-refractivity contribution in [2.45, 2.75) is 19.4 Å². The molecule has 142 valence electrons. The van der Waals surface area contributed by atoms with E-state index in [0.717, 1.165) is 0 Å². The van der Waals surface area contributed by atoms with Crippen LogP contribution in [0.3, 0.4) is 0 Å². The third kappa shape index (κ3) is 3.24. The van der Waals surface area contributed by atoms with Crippen molar-refractivity contribution in [3.05, 3.63) is 65.7 Å². The van der Waals surface area contributed by atoms with Gasteiger partial charge in [0.15, 0.2) is 0 Å². The molecule has 0 fully saturated rings. The number of carbonyl (C=O) groups excluding carboxylic acids is 2. The van der Waals surface area contributed by atoms with Crippen molar-refractivity contribution in [2.24, 2.45) is 0 Å². The molecule has 2 aromatic carbocycles. The van der Waals surface area contributed by atoms with Crippen LogP contribution in [-0.2, 0) is 9.59 Å². The molecule has 28 heavy (non-hydrogen) atoms. The highest BCUT2D eigenvalue weighted by Gasteiger charge is 2.34. The molecule has 0 bridgehead atoms. The second kappa shape index (κ2) is 6.88. The highest BCUT2D eigenvalue weighted by Crippen LogP contribution is 2.34. The van der Waals surface area contributed by atoms with E-state index in [0.29, 0.717) is 28.3 Å². The molecule has 0 saturated carbocycles. The van der Waals surface area contributed by atoms with Gasteiger partial charge in [-0.05, 0) is 55.5 Å². The minimum atomic E-state index is -0.860. The van der Waals surface area contributed by atoms with Crippen molar-refractivity contribution in [1.29, 1.82) is 0 Å². The van der Waals surface area contributed by atoms with Crippen LogP contribution in [0, 0.1) is 18.6 Å². The van der Waals surface area contributed by atoms with Gasteiger partial charge in [0.1, 0.15) is 23.5 Å². The van der Waals surface area contributed by atoms with Gasteiger partial charge in [-0.15, -0.1) is 0 Å². The number of hydrogen-bond acceptors (Lipinski definition) is 3. The summed E-state index contributed by atoms with van der Waals surface area (Å²) in [6.45, 7) is 1.78. The van der Waals surface area contributed by atoms with Gasteiger partial charge in [0, 0.05) is 16.8 Å². The number of hydrogen-bond donors (Lipinski definition) is 2. The van der Waals surface area contributed by atoms with E-state index in [1.54, 1.807) is 19.1 Å². The lowest BCUT2D eigenvalue weighted by Gasteiger charge is -2.24. The lowest BCUT2D eigenvalue weighted by atomic mass is 10.1. The molecule has 2 amide bonds. The number of anilines is 2. The fourth-order valence-electron chi connectivity index (χ4n) is 3.18. The highest BCUT2D eigenvalue weighted by atomic mass is 19.1. The topological polar surface area (TPSA) is 76.0 Å². The molecule has 1 aliphatic rings. The molecule has 0 unspecified atom stereocenters. The first-order valence-corrected chi connectivity index (χ1v) is 8.63. The van der Waals surface area contributed by atoms with E-state index in [1.807, 2.05) is 0 Å². The zero-order chi connectivity index (χ0) is 19.8. The predicted molar refractivity (Wildman–Crippen MR) is 99.7 cm³/mol. The summed E-state index contributed by atoms with van der Waals surface area (Å²) < 4.78 is 27.7. The number of fused-ring (bicyclic) bond motifs is 1. The van der Waals surface area contributed by atoms with Gasteiger partial charge in [-0.1, -0.05) is 0 Å². The van der Waals surface area contributed by atoms with Crippen LogP contribution in [-0.4, -0.2) is 21.6 Å². The number of benzene rings is 2. The summed E-state index contributed by atoms with van der Waals surface area (Å²) in [4.78, 5) is 24.9. The molecule has 8 heteroatoms. The molecular weight excluding hydrogens is 366 g/mol. The van der Waals surface area contributed by atoms with Crippen LogP contribution in [0.15, 0.2) is 48.5 Å². The van der Waals surface area contributed by atoms with E-state index in [9.17, 15) is 18.4 Å². The zero-order valence-corrected chi connectivity index (χ0v) is 14.9. The number of rotatable bonds is 3. The standard InChI is InChI=1S/C20H16F2N4O2/c1-11-18(12-2-4-13(21)5-3-12)25-26-16(10-17(27)24-19(11)26)20(28)23-15-8-6-14(22)7-9-15/h2-9,16H,10H2,1H3,(H,23,28)(H,24,27)/t16-/m1/s1. The van der Waals surface area contributed by atoms with Crippen molar-refractivity contribution in [3.8, 4) is 11.3 Å². The Balaban J connectivity index is 1.69. The molecule has 4 rings (SSSR count). The minimum Gasteiger partial charge on any atom is -0.324 e. The third-order valence-electron chi connectivity index (χ3n) is 4.61. The molecule has 0 spiro atoms. The molecule has 6 nitrogen and oxygen atoms in total. The summed E-state index contributed by atoms with van der Waals surface area (Å²) in [6, 6.07) is 10.3. The molecule has 0 radical (unpaired) electrons. The second-order valence-corrected chi connectivity index (χ2v) is 6.54. The van der Waals surface area contributed by atoms with Gasteiger partial charge in [-0.25, -0.2) is 13.5 Å². The van der Waals surface area contributed by atoms with Gasteiger partial charge in [-0.2, -0.15) is 5.10 Å². The van der Waals surface area contributed by atoms with E-state index in [4.69, 9.17) is 0 Å². The third-order valence-corrected chi connectivity index (χ3v) is 4.61. The number of amides is 2. The van der Waals surface area contributed by atoms with Crippen molar-refractivity contribution < 1.29 is 18.4 Å². The summed E-state index contributed by atoms with van der Waals surface area (Å²) in [5.41, 5.74) is 2.32. The fourth-order valence-corrected chi connectivity index (χ4v) is 3.18. The average Bonchev–Trinajstić information content (AvgIpc) is 3.00. The maximum Gasteiger partial charge on any atom is 0.249 e. The van der Waals surface area contributed by atoms with Gasteiger partial charge < -0.3 is 10.6 Å². The van der Waals surface area contributed by atoms with Crippen LogP contribution in [0.1, 0.15) is 18.0 Å². The summed E-state index contributed by atoms with van der Waals surface area (Å²) in [7, 11) is 0. The SMILES string of the molecule is Cc1c(-c2ccc(F)cc2)nn2c1NC(=O)C[C@@H]2C(=O)Nc1ccc(F)cc1. The normalized spacial score (nSPS) is 15.7. The van der Waals surface area contributed by atoms with Crippen LogP contribution >= 0.6 is 0 Å². The first kappa shape index (κ1) is 17.8. The Kier molecular flexibility index (Phi) is 4.38. The van der Waals surface area contributed by atoms with E-state index in [-0.39, 0.29) is 18.1 Å². The van der Waals surface area contributed by atoms with Crippen molar-refractivity contribution in [1.82, 2.24) is 9.78 Å². The molecular formula is C20H16F2N4O2. The smallest absolute Gasteiger partial charge is 0.249 e. The van der Waals surface area contributed by atoms with Crippen molar-refractivity contribution in [2.75, 3.05) is 10.6 Å². The Labute approximate surface area is 159 Å². The van der Waals surface area contributed by atoms with Crippen LogP contribution in [0.4, 0.5) is 20.3 Å². The summed E-state index contributed by atoms with van der Waals surface area (Å²) in [5.74, 6) is -1.09. The van der Waals surface area contributed by atoms with Gasteiger partial charge in [-0.3, -0.25) is 9.59 Å². The van der Waals surface area contributed by atoms with Crippen LogP contribution in [0.2, 0.25) is 0 Å². The lowest BCUT2D eigenvalue weighted by Crippen LogP contribution is -2.35. The van der Waals surface area contributed by atoms with Crippen LogP contribution in [0.25, 0.3) is 11.3 Å². The number of aromatic nitrogens is 2. The van der Waals surface area contributed by atoms with Gasteiger partial charge in [0.05, 0.1) is 12.1 Å².